The molecule has 0 bridgehead atoms. The van der Waals surface area contributed by atoms with Crippen molar-refractivity contribution in [2.24, 2.45) is 0 Å². The van der Waals surface area contributed by atoms with E-state index in [1.165, 1.54) is 12.1 Å². The summed E-state index contributed by atoms with van der Waals surface area (Å²) in [5.74, 6) is -0.236. The van der Waals surface area contributed by atoms with E-state index in [9.17, 15) is 9.18 Å². The third kappa shape index (κ3) is 3.87. The Balaban J connectivity index is 1.58. The van der Waals surface area contributed by atoms with Crippen LogP contribution in [0, 0.1) is 12.7 Å². The third-order valence-electron chi connectivity index (χ3n) is 4.12. The topological polar surface area (TPSA) is 35.6 Å². The zero-order chi connectivity index (χ0) is 17.1. The summed E-state index contributed by atoms with van der Waals surface area (Å²) < 4.78 is 13.9. The number of rotatable bonds is 2. The average Bonchev–Trinajstić information content (AvgIpc) is 2.58. The van der Waals surface area contributed by atoms with Crippen LogP contribution in [0.2, 0.25) is 0 Å². The highest BCUT2D eigenvalue weighted by Crippen LogP contribution is 2.24. The number of hydrogen-bond donors (Lipinski definition) is 1. The van der Waals surface area contributed by atoms with Gasteiger partial charge < -0.3 is 15.1 Å². The van der Waals surface area contributed by atoms with E-state index in [2.05, 4.69) is 26.1 Å². The monoisotopic (exact) mass is 391 g/mol. The molecule has 0 unspecified atom stereocenters. The van der Waals surface area contributed by atoms with Crippen molar-refractivity contribution < 1.29 is 9.18 Å². The van der Waals surface area contributed by atoms with E-state index in [1.54, 1.807) is 17.0 Å². The van der Waals surface area contributed by atoms with Crippen molar-refractivity contribution in [3.05, 3.63) is 58.3 Å². The van der Waals surface area contributed by atoms with Gasteiger partial charge in [-0.3, -0.25) is 0 Å². The number of nitrogens with zero attached hydrogens (tertiary/aromatic N) is 2. The van der Waals surface area contributed by atoms with Gasteiger partial charge in [0.05, 0.1) is 5.69 Å². The number of hydrogen-bond acceptors (Lipinski definition) is 2. The van der Waals surface area contributed by atoms with Crippen molar-refractivity contribution in [1.82, 2.24) is 4.90 Å². The number of amides is 2. The number of nitrogens with one attached hydrogen (secondary N) is 1. The number of carbonyl (C=O) groups excluding carboxylic acids is 1. The molecule has 1 fully saturated rings. The van der Waals surface area contributed by atoms with Crippen LogP contribution in [0.4, 0.5) is 20.6 Å². The number of piperazine rings is 1. The van der Waals surface area contributed by atoms with E-state index >= 15 is 0 Å². The van der Waals surface area contributed by atoms with Crippen LogP contribution >= 0.6 is 15.9 Å². The van der Waals surface area contributed by atoms with Gasteiger partial charge in [0, 0.05) is 36.3 Å². The molecule has 2 aromatic carbocycles. The molecule has 6 heteroatoms. The molecule has 1 N–H and O–H groups in total. The molecule has 4 nitrogen and oxygen atoms in total. The van der Waals surface area contributed by atoms with Crippen LogP contribution < -0.4 is 10.2 Å². The van der Waals surface area contributed by atoms with E-state index in [1.807, 2.05) is 25.1 Å². The SMILES string of the molecule is Cc1ccc(NC(=O)N2CCN(c3ccc(F)cc3)CC2)c(Br)c1. The highest BCUT2D eigenvalue weighted by atomic mass is 79.9. The van der Waals surface area contributed by atoms with Crippen LogP contribution in [-0.4, -0.2) is 37.1 Å². The van der Waals surface area contributed by atoms with E-state index in [0.29, 0.717) is 13.1 Å². The Labute approximate surface area is 149 Å². The predicted molar refractivity (Wildman–Crippen MR) is 98.1 cm³/mol. The van der Waals surface area contributed by atoms with Crippen molar-refractivity contribution in [2.45, 2.75) is 6.92 Å². The summed E-state index contributed by atoms with van der Waals surface area (Å²) in [6, 6.07) is 12.2. The maximum atomic E-state index is 13.0. The van der Waals surface area contributed by atoms with Gasteiger partial charge in [-0.25, -0.2) is 9.18 Å². The summed E-state index contributed by atoms with van der Waals surface area (Å²) in [5, 5.41) is 2.94. The van der Waals surface area contributed by atoms with Crippen LogP contribution in [0.5, 0.6) is 0 Å². The van der Waals surface area contributed by atoms with E-state index in [0.717, 1.165) is 34.5 Å². The molecule has 1 heterocycles. The van der Waals surface area contributed by atoms with Crippen molar-refractivity contribution in [1.29, 1.82) is 0 Å². The maximum absolute atomic E-state index is 13.0. The number of urea groups is 1. The zero-order valence-electron chi connectivity index (χ0n) is 13.4. The first-order valence-corrected chi connectivity index (χ1v) is 8.65. The Morgan fingerprint density at radius 1 is 1.08 bits per heavy atom. The molecule has 0 aliphatic carbocycles. The summed E-state index contributed by atoms with van der Waals surface area (Å²) >= 11 is 3.47. The molecule has 126 valence electrons. The second-order valence-corrected chi connectivity index (χ2v) is 6.72. The number of aryl methyl sites for hydroxylation is 1. The van der Waals surface area contributed by atoms with Gasteiger partial charge in [0.25, 0.3) is 0 Å². The van der Waals surface area contributed by atoms with Gasteiger partial charge in [-0.05, 0) is 64.8 Å². The van der Waals surface area contributed by atoms with Crippen LogP contribution in [0.3, 0.4) is 0 Å². The Kier molecular flexibility index (Phi) is 5.04. The summed E-state index contributed by atoms with van der Waals surface area (Å²) in [5.41, 5.74) is 2.89. The van der Waals surface area contributed by atoms with E-state index in [4.69, 9.17) is 0 Å². The van der Waals surface area contributed by atoms with Crippen molar-refractivity contribution in [3.8, 4) is 0 Å². The van der Waals surface area contributed by atoms with Crippen molar-refractivity contribution in [3.63, 3.8) is 0 Å². The fourth-order valence-corrected chi connectivity index (χ4v) is 3.33. The summed E-state index contributed by atoms with van der Waals surface area (Å²) in [6.45, 7) is 4.73. The Morgan fingerprint density at radius 2 is 1.75 bits per heavy atom. The maximum Gasteiger partial charge on any atom is 0.321 e. The van der Waals surface area contributed by atoms with Gasteiger partial charge in [-0.15, -0.1) is 0 Å². The number of anilines is 2. The lowest BCUT2D eigenvalue weighted by Crippen LogP contribution is -2.50. The normalized spacial score (nSPS) is 14.6. The quantitative estimate of drug-likeness (QED) is 0.830. The first-order chi connectivity index (χ1) is 11.5. The smallest absolute Gasteiger partial charge is 0.321 e. The van der Waals surface area contributed by atoms with Crippen molar-refractivity contribution in [2.75, 3.05) is 36.4 Å². The summed E-state index contributed by atoms with van der Waals surface area (Å²) in [7, 11) is 0. The van der Waals surface area contributed by atoms with Gasteiger partial charge >= 0.3 is 6.03 Å². The number of halogens is 2. The van der Waals surface area contributed by atoms with Gasteiger partial charge in [0.15, 0.2) is 0 Å². The number of carbonyl (C=O) groups is 1. The minimum Gasteiger partial charge on any atom is -0.368 e. The minimum atomic E-state index is -0.236. The first-order valence-electron chi connectivity index (χ1n) is 7.85. The molecule has 0 atom stereocenters. The lowest BCUT2D eigenvalue weighted by Gasteiger charge is -2.36. The van der Waals surface area contributed by atoms with Crippen molar-refractivity contribution >= 4 is 33.3 Å². The molecule has 24 heavy (non-hydrogen) atoms. The molecule has 1 aliphatic rings. The third-order valence-corrected chi connectivity index (χ3v) is 4.78. The highest BCUT2D eigenvalue weighted by molar-refractivity contribution is 9.10. The predicted octanol–water partition coefficient (Wildman–Crippen LogP) is 4.25. The fourth-order valence-electron chi connectivity index (χ4n) is 2.74. The van der Waals surface area contributed by atoms with E-state index in [-0.39, 0.29) is 11.8 Å². The number of benzene rings is 2. The molecule has 2 amide bonds. The Bertz CT molecular complexity index is 728. The van der Waals surface area contributed by atoms with Crippen LogP contribution in [-0.2, 0) is 0 Å². The van der Waals surface area contributed by atoms with Crippen LogP contribution in [0.25, 0.3) is 0 Å². The van der Waals surface area contributed by atoms with Crippen LogP contribution in [0.15, 0.2) is 46.9 Å². The molecule has 0 radical (unpaired) electrons. The molecule has 0 spiro atoms. The fraction of sp³-hybridized carbons (Fsp3) is 0.278. The Morgan fingerprint density at radius 3 is 2.38 bits per heavy atom. The lowest BCUT2D eigenvalue weighted by molar-refractivity contribution is 0.208. The lowest BCUT2D eigenvalue weighted by atomic mass is 10.2. The molecular weight excluding hydrogens is 373 g/mol. The minimum absolute atomic E-state index is 0.0988. The second-order valence-electron chi connectivity index (χ2n) is 5.86. The average molecular weight is 392 g/mol. The first kappa shape index (κ1) is 16.8. The van der Waals surface area contributed by atoms with Gasteiger partial charge in [0.2, 0.25) is 0 Å². The highest BCUT2D eigenvalue weighted by Gasteiger charge is 2.21. The Hall–Kier alpha value is -2.08. The van der Waals surface area contributed by atoms with Crippen LogP contribution in [0.1, 0.15) is 5.56 Å². The molecule has 1 saturated heterocycles. The summed E-state index contributed by atoms with van der Waals surface area (Å²) in [4.78, 5) is 16.4. The molecule has 0 saturated carbocycles. The summed E-state index contributed by atoms with van der Waals surface area (Å²) in [6.07, 6.45) is 0. The molecule has 1 aliphatic heterocycles. The second kappa shape index (κ2) is 7.21. The van der Waals surface area contributed by atoms with Gasteiger partial charge in [-0.1, -0.05) is 6.07 Å². The van der Waals surface area contributed by atoms with Gasteiger partial charge in [-0.2, -0.15) is 0 Å². The van der Waals surface area contributed by atoms with Gasteiger partial charge in [0.1, 0.15) is 5.82 Å². The molecule has 0 aromatic heterocycles. The molecule has 2 aromatic rings. The molecule has 3 rings (SSSR count). The largest absolute Gasteiger partial charge is 0.368 e. The van der Waals surface area contributed by atoms with E-state index < -0.39 is 0 Å². The zero-order valence-corrected chi connectivity index (χ0v) is 15.0. The standard InChI is InChI=1S/C18H19BrFN3O/c1-13-2-7-17(16(19)12-13)21-18(24)23-10-8-22(9-11-23)15-5-3-14(20)4-6-15/h2-7,12H,8-11H2,1H3,(H,21,24). The molecular formula is C18H19BrFN3O.